The van der Waals surface area contributed by atoms with Gasteiger partial charge in [0.1, 0.15) is 0 Å². The molecule has 0 unspecified atom stereocenters. The number of fused-ring (bicyclic) bond motifs is 1. The number of thiophene rings is 1. The van der Waals surface area contributed by atoms with Gasteiger partial charge in [0, 0.05) is 23.5 Å². The molecule has 0 bridgehead atoms. The van der Waals surface area contributed by atoms with Gasteiger partial charge in [-0.1, -0.05) is 5.16 Å². The second-order valence-electron chi connectivity index (χ2n) is 5.91. The van der Waals surface area contributed by atoms with Crippen LogP contribution in [-0.4, -0.2) is 35.8 Å². The molecule has 0 saturated carbocycles. The highest BCUT2D eigenvalue weighted by atomic mass is 32.1. The summed E-state index contributed by atoms with van der Waals surface area (Å²) in [7, 11) is 3.22. The maximum atomic E-state index is 5.45. The van der Waals surface area contributed by atoms with Gasteiger partial charge in [0.15, 0.2) is 11.5 Å². The van der Waals surface area contributed by atoms with Crippen LogP contribution in [0.5, 0.6) is 11.5 Å². The molecule has 3 aromatic rings. The summed E-state index contributed by atoms with van der Waals surface area (Å²) < 4.78 is 16.0. The van der Waals surface area contributed by atoms with Crippen molar-refractivity contribution in [2.45, 2.75) is 19.5 Å². The Morgan fingerprint density at radius 2 is 2.08 bits per heavy atom. The number of nitrogens with zero attached hydrogens (tertiary/aromatic N) is 3. The van der Waals surface area contributed by atoms with E-state index in [0.29, 0.717) is 29.8 Å². The normalized spacial score (nSPS) is 14.3. The predicted octanol–water partition coefficient (Wildman–Crippen LogP) is 3.37. The highest BCUT2D eigenvalue weighted by Crippen LogP contribution is 2.31. The molecule has 0 saturated heterocycles. The zero-order chi connectivity index (χ0) is 17.2. The fourth-order valence-corrected chi connectivity index (χ4v) is 3.93. The Bertz CT molecular complexity index is 874. The molecule has 4 rings (SSSR count). The van der Waals surface area contributed by atoms with Crippen molar-refractivity contribution >= 4 is 11.3 Å². The van der Waals surface area contributed by atoms with E-state index in [1.807, 2.05) is 29.5 Å². The molecule has 6 nitrogen and oxygen atoms in total. The first-order valence-corrected chi connectivity index (χ1v) is 8.97. The summed E-state index contributed by atoms with van der Waals surface area (Å²) >= 11 is 1.84. The Morgan fingerprint density at radius 1 is 1.20 bits per heavy atom. The number of hydrogen-bond acceptors (Lipinski definition) is 7. The Balaban J connectivity index is 1.49. The molecule has 7 heteroatoms. The first kappa shape index (κ1) is 16.1. The van der Waals surface area contributed by atoms with Gasteiger partial charge in [0.05, 0.1) is 20.8 Å². The lowest BCUT2D eigenvalue weighted by Crippen LogP contribution is -2.29. The van der Waals surface area contributed by atoms with Gasteiger partial charge in [-0.15, -0.1) is 11.3 Å². The number of ether oxygens (including phenoxy) is 2. The van der Waals surface area contributed by atoms with E-state index in [1.165, 1.54) is 10.4 Å². The number of rotatable bonds is 5. The van der Waals surface area contributed by atoms with Crippen molar-refractivity contribution in [2.24, 2.45) is 0 Å². The fourth-order valence-electron chi connectivity index (χ4n) is 3.04. The van der Waals surface area contributed by atoms with E-state index in [-0.39, 0.29) is 0 Å². The van der Waals surface area contributed by atoms with Crippen LogP contribution in [0.3, 0.4) is 0 Å². The Kier molecular flexibility index (Phi) is 4.42. The second-order valence-corrected chi connectivity index (χ2v) is 6.91. The van der Waals surface area contributed by atoms with Gasteiger partial charge in [-0.3, -0.25) is 4.90 Å². The van der Waals surface area contributed by atoms with Crippen molar-refractivity contribution in [3.63, 3.8) is 0 Å². The maximum absolute atomic E-state index is 5.45. The standard InChI is InChI=1S/C18H19N3O3S/c1-22-14-4-3-12(9-15(14)23-2)18-19-17(24-20-18)11-21-7-5-16-13(10-21)6-8-25-16/h3-4,6,8-9H,5,7,10-11H2,1-2H3. The summed E-state index contributed by atoms with van der Waals surface area (Å²) in [6.45, 7) is 2.62. The molecule has 130 valence electrons. The molecule has 25 heavy (non-hydrogen) atoms. The lowest BCUT2D eigenvalue weighted by atomic mass is 10.1. The lowest BCUT2D eigenvalue weighted by molar-refractivity contribution is 0.212. The van der Waals surface area contributed by atoms with Crippen molar-refractivity contribution < 1.29 is 14.0 Å². The van der Waals surface area contributed by atoms with Crippen molar-refractivity contribution in [3.8, 4) is 22.9 Å². The van der Waals surface area contributed by atoms with Crippen LogP contribution in [0, 0.1) is 0 Å². The van der Waals surface area contributed by atoms with E-state index in [9.17, 15) is 0 Å². The maximum Gasteiger partial charge on any atom is 0.241 e. The minimum absolute atomic E-state index is 0.559. The van der Waals surface area contributed by atoms with Gasteiger partial charge in [-0.05, 0) is 41.6 Å². The van der Waals surface area contributed by atoms with E-state index in [2.05, 4.69) is 26.5 Å². The van der Waals surface area contributed by atoms with Crippen LogP contribution in [0.2, 0.25) is 0 Å². The molecular formula is C18H19N3O3S. The monoisotopic (exact) mass is 357 g/mol. The van der Waals surface area contributed by atoms with Crippen molar-refractivity contribution in [1.82, 2.24) is 15.0 Å². The van der Waals surface area contributed by atoms with Gasteiger partial charge < -0.3 is 14.0 Å². The summed E-state index contributed by atoms with van der Waals surface area (Å²) in [4.78, 5) is 8.36. The Labute approximate surface area is 150 Å². The van der Waals surface area contributed by atoms with Crippen LogP contribution in [0.4, 0.5) is 0 Å². The van der Waals surface area contributed by atoms with Crippen molar-refractivity contribution in [2.75, 3.05) is 20.8 Å². The van der Waals surface area contributed by atoms with Crippen molar-refractivity contribution in [3.05, 3.63) is 46.0 Å². The molecular weight excluding hydrogens is 338 g/mol. The zero-order valence-corrected chi connectivity index (χ0v) is 15.0. The molecule has 3 heterocycles. The molecule has 1 aromatic carbocycles. The van der Waals surface area contributed by atoms with Gasteiger partial charge in [-0.25, -0.2) is 0 Å². The number of aromatic nitrogens is 2. The zero-order valence-electron chi connectivity index (χ0n) is 14.2. The van der Waals surface area contributed by atoms with Crippen LogP contribution < -0.4 is 9.47 Å². The molecule has 1 aliphatic rings. The van der Waals surface area contributed by atoms with Crippen LogP contribution >= 0.6 is 11.3 Å². The molecule has 0 N–H and O–H groups in total. The first-order chi connectivity index (χ1) is 12.3. The third kappa shape index (κ3) is 3.25. The second kappa shape index (κ2) is 6.85. The molecule has 0 aliphatic carbocycles. The number of hydrogen-bond donors (Lipinski definition) is 0. The molecule has 0 spiro atoms. The van der Waals surface area contributed by atoms with Gasteiger partial charge in [-0.2, -0.15) is 4.98 Å². The van der Waals surface area contributed by atoms with E-state index in [1.54, 1.807) is 14.2 Å². The van der Waals surface area contributed by atoms with Gasteiger partial charge in [0.2, 0.25) is 11.7 Å². The first-order valence-electron chi connectivity index (χ1n) is 8.09. The lowest BCUT2D eigenvalue weighted by Gasteiger charge is -2.24. The van der Waals surface area contributed by atoms with E-state index < -0.39 is 0 Å². The van der Waals surface area contributed by atoms with E-state index in [4.69, 9.17) is 14.0 Å². The number of benzene rings is 1. The average Bonchev–Trinajstić information content (AvgIpc) is 3.30. The molecule has 0 amide bonds. The molecule has 2 aromatic heterocycles. The van der Waals surface area contributed by atoms with Gasteiger partial charge in [0.25, 0.3) is 0 Å². The summed E-state index contributed by atoms with van der Waals surface area (Å²) in [5.74, 6) is 2.51. The van der Waals surface area contributed by atoms with Crippen LogP contribution in [0.25, 0.3) is 11.4 Å². The van der Waals surface area contributed by atoms with Gasteiger partial charge >= 0.3 is 0 Å². The van der Waals surface area contributed by atoms with Crippen LogP contribution in [-0.2, 0) is 19.5 Å². The average molecular weight is 357 g/mol. The minimum Gasteiger partial charge on any atom is -0.493 e. The van der Waals surface area contributed by atoms with E-state index in [0.717, 1.165) is 25.1 Å². The number of methoxy groups -OCH3 is 2. The predicted molar refractivity (Wildman–Crippen MR) is 95.0 cm³/mol. The summed E-state index contributed by atoms with van der Waals surface area (Å²) in [5, 5.41) is 6.27. The molecule has 0 fully saturated rings. The van der Waals surface area contributed by atoms with Crippen LogP contribution in [0.15, 0.2) is 34.2 Å². The Morgan fingerprint density at radius 3 is 2.92 bits per heavy atom. The largest absolute Gasteiger partial charge is 0.493 e. The molecule has 1 aliphatic heterocycles. The van der Waals surface area contributed by atoms with E-state index >= 15 is 0 Å². The Hall–Kier alpha value is -2.38. The van der Waals surface area contributed by atoms with Crippen molar-refractivity contribution in [1.29, 1.82) is 0 Å². The third-order valence-corrected chi connectivity index (χ3v) is 5.38. The SMILES string of the molecule is COc1ccc(-c2noc(CN3CCc4sccc4C3)n2)cc1OC. The fraction of sp³-hybridized carbons (Fsp3) is 0.333. The summed E-state index contributed by atoms with van der Waals surface area (Å²) in [6, 6.07) is 7.79. The summed E-state index contributed by atoms with van der Waals surface area (Å²) in [5.41, 5.74) is 2.25. The highest BCUT2D eigenvalue weighted by molar-refractivity contribution is 7.10. The summed E-state index contributed by atoms with van der Waals surface area (Å²) in [6.07, 6.45) is 1.09. The highest BCUT2D eigenvalue weighted by Gasteiger charge is 2.20. The van der Waals surface area contributed by atoms with Crippen LogP contribution in [0.1, 0.15) is 16.3 Å². The topological polar surface area (TPSA) is 60.6 Å². The third-order valence-electron chi connectivity index (χ3n) is 4.36. The molecule has 0 atom stereocenters. The minimum atomic E-state index is 0.559. The quantitative estimate of drug-likeness (QED) is 0.698. The molecule has 0 radical (unpaired) electrons. The smallest absolute Gasteiger partial charge is 0.241 e.